The zero-order chi connectivity index (χ0) is 15.0. The molecule has 0 unspecified atom stereocenters. The highest BCUT2D eigenvalue weighted by Crippen LogP contribution is 2.36. The summed E-state index contributed by atoms with van der Waals surface area (Å²) in [7, 11) is 2.04. The minimum Gasteiger partial charge on any atom is -0.461 e. The van der Waals surface area contributed by atoms with Gasteiger partial charge in [-0.15, -0.1) is 0 Å². The van der Waals surface area contributed by atoms with Crippen LogP contribution in [-0.4, -0.2) is 23.3 Å². The number of nitrogens with zero attached hydrogens (tertiary/aromatic N) is 1. The molecule has 0 atom stereocenters. The zero-order valence-corrected chi connectivity index (χ0v) is 12.6. The molecule has 0 N–H and O–H groups in total. The van der Waals surface area contributed by atoms with Crippen molar-refractivity contribution in [1.29, 1.82) is 0 Å². The third-order valence-electron chi connectivity index (χ3n) is 4.22. The van der Waals surface area contributed by atoms with Gasteiger partial charge in [-0.05, 0) is 38.0 Å². The Balaban J connectivity index is 2.09. The number of carbonyl (C=O) groups is 1. The minimum atomic E-state index is -0.102. The van der Waals surface area contributed by atoms with Crippen molar-refractivity contribution in [2.75, 3.05) is 7.05 Å². The monoisotopic (exact) mass is 281 g/mol. The van der Waals surface area contributed by atoms with E-state index in [-0.39, 0.29) is 11.3 Å². The molecule has 3 heteroatoms. The third kappa shape index (κ3) is 2.40. The summed E-state index contributed by atoms with van der Waals surface area (Å²) in [6.07, 6.45) is 4.17. The van der Waals surface area contributed by atoms with Crippen LogP contribution in [0.15, 0.2) is 53.2 Å². The summed E-state index contributed by atoms with van der Waals surface area (Å²) in [5, 5.41) is 0. The summed E-state index contributed by atoms with van der Waals surface area (Å²) >= 11 is 0. The van der Waals surface area contributed by atoms with Crippen LogP contribution in [0.25, 0.3) is 5.70 Å². The summed E-state index contributed by atoms with van der Waals surface area (Å²) in [5.74, 6) is 0.270. The van der Waals surface area contributed by atoms with E-state index in [0.29, 0.717) is 5.76 Å². The number of furan rings is 1. The minimum absolute atomic E-state index is 0.0242. The molecule has 0 aliphatic carbocycles. The lowest BCUT2D eigenvalue weighted by Crippen LogP contribution is -2.45. The maximum Gasteiger partial charge on any atom is 0.223 e. The Morgan fingerprint density at radius 3 is 2.71 bits per heavy atom. The molecule has 0 bridgehead atoms. The Morgan fingerprint density at radius 2 is 2.00 bits per heavy atom. The summed E-state index contributed by atoms with van der Waals surface area (Å²) in [5.41, 5.74) is 3.32. The Bertz CT molecular complexity index is 696. The van der Waals surface area contributed by atoms with Crippen molar-refractivity contribution < 1.29 is 9.21 Å². The summed E-state index contributed by atoms with van der Waals surface area (Å²) in [4.78, 5) is 14.5. The second-order valence-electron chi connectivity index (χ2n) is 6.08. The van der Waals surface area contributed by atoms with Crippen molar-refractivity contribution in [2.45, 2.75) is 25.8 Å². The fraction of sp³-hybridized carbons (Fsp3) is 0.278. The quantitative estimate of drug-likeness (QED) is 0.620. The second-order valence-corrected chi connectivity index (χ2v) is 6.08. The maximum absolute atomic E-state index is 12.3. The van der Waals surface area contributed by atoms with E-state index in [9.17, 15) is 4.79 Å². The van der Waals surface area contributed by atoms with Gasteiger partial charge in [0.25, 0.3) is 0 Å². The number of hydrogen-bond acceptors (Lipinski definition) is 3. The van der Waals surface area contributed by atoms with Crippen LogP contribution in [-0.2, 0) is 6.42 Å². The normalized spacial score (nSPS) is 18.6. The number of likely N-dealkylation sites (N-methyl/N-ethyl adjacent to an activating group) is 1. The van der Waals surface area contributed by atoms with Gasteiger partial charge in [-0.2, -0.15) is 0 Å². The molecule has 3 rings (SSSR count). The topological polar surface area (TPSA) is 33.5 Å². The first-order chi connectivity index (χ1) is 9.99. The van der Waals surface area contributed by atoms with Gasteiger partial charge in [-0.25, -0.2) is 0 Å². The maximum atomic E-state index is 12.3. The highest BCUT2D eigenvalue weighted by atomic mass is 16.3. The average molecular weight is 281 g/mol. The number of benzene rings is 1. The molecule has 1 aliphatic heterocycles. The van der Waals surface area contributed by atoms with E-state index in [1.165, 1.54) is 11.8 Å². The van der Waals surface area contributed by atoms with Crippen molar-refractivity contribution in [1.82, 2.24) is 4.90 Å². The molecule has 0 saturated carbocycles. The molecule has 0 fully saturated rings. The predicted octanol–water partition coefficient (Wildman–Crippen LogP) is 3.77. The number of hydrogen-bond donors (Lipinski definition) is 0. The van der Waals surface area contributed by atoms with Crippen LogP contribution in [0.1, 0.15) is 35.5 Å². The molecule has 3 nitrogen and oxygen atoms in total. The van der Waals surface area contributed by atoms with E-state index in [0.717, 1.165) is 17.7 Å². The fourth-order valence-corrected chi connectivity index (χ4v) is 2.80. The van der Waals surface area contributed by atoms with E-state index >= 15 is 0 Å². The van der Waals surface area contributed by atoms with E-state index in [1.807, 2.05) is 19.2 Å². The molecule has 108 valence electrons. The first-order valence-electron chi connectivity index (χ1n) is 7.11. The third-order valence-corrected chi connectivity index (χ3v) is 4.22. The van der Waals surface area contributed by atoms with E-state index < -0.39 is 0 Å². The van der Waals surface area contributed by atoms with E-state index in [4.69, 9.17) is 4.42 Å². The standard InChI is InChI=1S/C18H19NO2/c1-18(2)12-13-7-4-5-8-14(13)15(19(18)3)11-16(20)17-9-6-10-21-17/h4-11H,12H2,1-3H3/b15-11+. The van der Waals surface area contributed by atoms with Crippen LogP contribution >= 0.6 is 0 Å². The molecular weight excluding hydrogens is 262 g/mol. The van der Waals surface area contributed by atoms with Crippen molar-refractivity contribution >= 4 is 11.5 Å². The van der Waals surface area contributed by atoms with Crippen LogP contribution in [0.5, 0.6) is 0 Å². The van der Waals surface area contributed by atoms with Gasteiger partial charge in [0, 0.05) is 29.9 Å². The number of allylic oxidation sites excluding steroid dienone is 1. The van der Waals surface area contributed by atoms with Crippen LogP contribution in [0.4, 0.5) is 0 Å². The number of rotatable bonds is 2. The van der Waals surface area contributed by atoms with E-state index in [1.54, 1.807) is 18.2 Å². The van der Waals surface area contributed by atoms with Gasteiger partial charge in [0.15, 0.2) is 5.76 Å². The van der Waals surface area contributed by atoms with E-state index in [2.05, 4.69) is 30.9 Å². The van der Waals surface area contributed by atoms with Crippen molar-refractivity contribution in [3.8, 4) is 0 Å². The first-order valence-corrected chi connectivity index (χ1v) is 7.11. The van der Waals surface area contributed by atoms with Crippen molar-refractivity contribution in [3.05, 3.63) is 65.6 Å². The van der Waals surface area contributed by atoms with Gasteiger partial charge in [-0.1, -0.05) is 24.3 Å². The Labute approximate surface area is 124 Å². The summed E-state index contributed by atoms with van der Waals surface area (Å²) in [6.45, 7) is 4.38. The molecule has 0 spiro atoms. The van der Waals surface area contributed by atoms with Crippen molar-refractivity contribution in [2.24, 2.45) is 0 Å². The molecule has 0 saturated heterocycles. The molecule has 21 heavy (non-hydrogen) atoms. The van der Waals surface area contributed by atoms with Gasteiger partial charge in [0.2, 0.25) is 5.78 Å². The van der Waals surface area contributed by atoms with Crippen LogP contribution in [0, 0.1) is 0 Å². The zero-order valence-electron chi connectivity index (χ0n) is 12.6. The second kappa shape index (κ2) is 4.92. The highest BCUT2D eigenvalue weighted by Gasteiger charge is 2.33. The molecule has 2 heterocycles. The Morgan fingerprint density at radius 1 is 1.24 bits per heavy atom. The lowest BCUT2D eigenvalue weighted by Gasteiger charge is -2.44. The number of carbonyl (C=O) groups excluding carboxylic acids is 1. The van der Waals surface area contributed by atoms with Gasteiger partial charge in [0.05, 0.1) is 6.26 Å². The fourth-order valence-electron chi connectivity index (χ4n) is 2.80. The Kier molecular flexibility index (Phi) is 3.20. The van der Waals surface area contributed by atoms with Crippen LogP contribution in [0.3, 0.4) is 0 Å². The van der Waals surface area contributed by atoms with Gasteiger partial charge in [0.1, 0.15) is 0 Å². The predicted molar refractivity (Wildman–Crippen MR) is 83.0 cm³/mol. The molecular formula is C18H19NO2. The van der Waals surface area contributed by atoms with Gasteiger partial charge < -0.3 is 9.32 Å². The van der Waals surface area contributed by atoms with Gasteiger partial charge >= 0.3 is 0 Å². The first kappa shape index (κ1) is 13.7. The lowest BCUT2D eigenvalue weighted by atomic mass is 9.84. The SMILES string of the molecule is CN1/C(=C/C(=O)c2ccco2)c2ccccc2CC1(C)C. The average Bonchev–Trinajstić information content (AvgIpc) is 2.97. The van der Waals surface area contributed by atoms with Crippen molar-refractivity contribution in [3.63, 3.8) is 0 Å². The Hall–Kier alpha value is -2.29. The van der Waals surface area contributed by atoms with Gasteiger partial charge in [-0.3, -0.25) is 4.79 Å². The number of fused-ring (bicyclic) bond motifs is 1. The lowest BCUT2D eigenvalue weighted by molar-refractivity contribution is 0.102. The molecule has 0 amide bonds. The van der Waals surface area contributed by atoms with Crippen LogP contribution in [0.2, 0.25) is 0 Å². The summed E-state index contributed by atoms with van der Waals surface area (Å²) < 4.78 is 5.20. The van der Waals surface area contributed by atoms with Crippen LogP contribution < -0.4 is 0 Å². The highest BCUT2D eigenvalue weighted by molar-refractivity contribution is 6.06. The molecule has 1 aliphatic rings. The molecule has 2 aromatic rings. The smallest absolute Gasteiger partial charge is 0.223 e. The largest absolute Gasteiger partial charge is 0.461 e. The molecule has 1 aromatic heterocycles. The molecule has 1 aromatic carbocycles. The number of ketones is 1. The molecule has 0 radical (unpaired) electrons. The summed E-state index contributed by atoms with van der Waals surface area (Å²) in [6, 6.07) is 11.7.